The predicted molar refractivity (Wildman–Crippen MR) is 172 cm³/mol. The van der Waals surface area contributed by atoms with Gasteiger partial charge in [-0.05, 0) is 47.7 Å². The van der Waals surface area contributed by atoms with Gasteiger partial charge in [0.05, 0.1) is 33.5 Å². The summed E-state index contributed by atoms with van der Waals surface area (Å²) in [6.07, 6.45) is -5.94. The Bertz CT molecular complexity index is 1320. The Morgan fingerprint density at radius 1 is 0.840 bits per heavy atom. The second kappa shape index (κ2) is 18.1. The maximum Gasteiger partial charge on any atom is 0.460 e. The fraction of sp³-hybridized carbons (Fsp3) is 0.647. The molecule has 50 heavy (non-hydrogen) atoms. The van der Waals surface area contributed by atoms with E-state index in [1.807, 2.05) is 0 Å². The van der Waals surface area contributed by atoms with Gasteiger partial charge >= 0.3 is 29.5 Å². The zero-order chi connectivity index (χ0) is 38.9. The average Bonchev–Trinajstić information content (AvgIpc) is 3.03. The summed E-state index contributed by atoms with van der Waals surface area (Å²) in [7, 11) is -3.21. The zero-order valence-electron chi connectivity index (χ0n) is 29.7. The molecular formula is C34H47F9O6Si. The third-order valence-corrected chi connectivity index (χ3v) is 13.9. The van der Waals surface area contributed by atoms with E-state index in [0.29, 0.717) is 17.7 Å². The van der Waals surface area contributed by atoms with Gasteiger partial charge in [0.15, 0.2) is 0 Å². The number of alkyl halides is 9. The first-order chi connectivity index (χ1) is 22.9. The number of esters is 1. The van der Waals surface area contributed by atoms with E-state index in [9.17, 15) is 31.5 Å². The molecule has 0 radical (unpaired) electrons. The highest BCUT2D eigenvalue weighted by Gasteiger charge is 2.87. The van der Waals surface area contributed by atoms with Crippen LogP contribution in [-0.2, 0) is 30.1 Å². The summed E-state index contributed by atoms with van der Waals surface area (Å²) in [4.78, 5) is 25.7. The first-order valence-electron chi connectivity index (χ1n) is 16.0. The minimum Gasteiger partial charge on any atom is -0.497 e. The van der Waals surface area contributed by atoms with E-state index in [4.69, 9.17) is 18.6 Å². The standard InChI is InChI=1S/C34H47F9O6Si/c1-10-11-26(30(45)47-9)14-17-28(44)24(7)29(23(6)18-19-48-20-25-12-15-27(46-8)16-13-25)49-50(21(2)3,22(4)5)34(42,43)32(37,38)31(35,36)33(39,40)41/h12-16,18,21-22,24,29H,10-11,17,19-20H2,1-9H3/b23-18+,26-14-. The number of hydrogen-bond acceptors (Lipinski definition) is 6. The number of ether oxygens (including phenoxy) is 3. The van der Waals surface area contributed by atoms with Crippen molar-refractivity contribution in [3.63, 3.8) is 0 Å². The van der Waals surface area contributed by atoms with Crippen LogP contribution in [-0.4, -0.2) is 70.6 Å². The van der Waals surface area contributed by atoms with Gasteiger partial charge < -0.3 is 18.6 Å². The number of ketones is 1. The van der Waals surface area contributed by atoms with E-state index in [-0.39, 0.29) is 30.8 Å². The van der Waals surface area contributed by atoms with E-state index >= 15 is 17.6 Å². The summed E-state index contributed by atoms with van der Waals surface area (Å²) in [5, 5.41) is 0. The first kappa shape index (κ1) is 45.2. The maximum absolute atomic E-state index is 16.2. The Kier molecular flexibility index (Phi) is 16.3. The lowest BCUT2D eigenvalue weighted by Gasteiger charge is -2.49. The predicted octanol–water partition coefficient (Wildman–Crippen LogP) is 9.81. The SMILES string of the molecule is CCC/C(=C/CC(=O)C(C)C(O[Si](C(C)C)(C(C)C)C(F)(F)C(F)(F)C(F)(F)C(F)(F)F)/C(C)=C/COCc1ccc(OC)cc1)C(=O)OC. The Balaban J connectivity index is 3.77. The fourth-order valence-electron chi connectivity index (χ4n) is 5.63. The van der Waals surface area contributed by atoms with Crippen molar-refractivity contribution < 1.29 is 67.7 Å². The summed E-state index contributed by atoms with van der Waals surface area (Å²) >= 11 is 0. The van der Waals surface area contributed by atoms with Crippen LogP contribution in [0.2, 0.25) is 11.1 Å². The van der Waals surface area contributed by atoms with Crippen molar-refractivity contribution in [1.82, 2.24) is 0 Å². The molecule has 0 N–H and O–H groups in total. The summed E-state index contributed by atoms with van der Waals surface area (Å²) < 4.78 is 152. The van der Waals surface area contributed by atoms with E-state index in [1.54, 1.807) is 31.2 Å². The van der Waals surface area contributed by atoms with E-state index in [0.717, 1.165) is 34.8 Å². The van der Waals surface area contributed by atoms with Crippen molar-refractivity contribution >= 4 is 20.1 Å². The summed E-state index contributed by atoms with van der Waals surface area (Å²) in [6.45, 7) is 8.09. The molecular weight excluding hydrogens is 703 g/mol. The molecule has 0 heterocycles. The Morgan fingerprint density at radius 2 is 1.38 bits per heavy atom. The normalized spacial score (nSPS) is 15.4. The third-order valence-electron chi connectivity index (χ3n) is 8.55. The number of halogens is 9. The van der Waals surface area contributed by atoms with Crippen LogP contribution in [0.25, 0.3) is 0 Å². The molecule has 0 aliphatic rings. The summed E-state index contributed by atoms with van der Waals surface area (Å²) in [6, 6.07) is 6.78. The van der Waals surface area contributed by atoms with Gasteiger partial charge in [-0.1, -0.05) is 72.2 Å². The van der Waals surface area contributed by atoms with E-state index in [1.165, 1.54) is 33.1 Å². The average molecular weight is 751 g/mol. The molecule has 0 aromatic heterocycles. The number of allylic oxidation sites excluding steroid dienone is 1. The minimum absolute atomic E-state index is 0.00572. The molecule has 0 spiro atoms. The smallest absolute Gasteiger partial charge is 0.460 e. The number of carbonyl (C=O) groups excluding carboxylic acids is 2. The van der Waals surface area contributed by atoms with Crippen LogP contribution < -0.4 is 4.74 Å². The van der Waals surface area contributed by atoms with Gasteiger partial charge in [-0.15, -0.1) is 0 Å². The number of methoxy groups -OCH3 is 2. The molecule has 6 nitrogen and oxygen atoms in total. The Labute approximate surface area is 288 Å². The number of rotatable bonds is 20. The van der Waals surface area contributed by atoms with Crippen molar-refractivity contribution in [2.24, 2.45) is 5.92 Å². The van der Waals surface area contributed by atoms with Crippen molar-refractivity contribution in [1.29, 1.82) is 0 Å². The van der Waals surface area contributed by atoms with Crippen molar-refractivity contribution in [3.8, 4) is 5.75 Å². The summed E-state index contributed by atoms with van der Waals surface area (Å²) in [5.74, 6) is -16.3. The monoisotopic (exact) mass is 750 g/mol. The number of benzene rings is 1. The van der Waals surface area contributed by atoms with Gasteiger partial charge in [-0.25, -0.2) is 13.6 Å². The van der Waals surface area contributed by atoms with Gasteiger partial charge in [0.25, 0.3) is 8.32 Å². The van der Waals surface area contributed by atoms with Crippen molar-refractivity contribution in [2.75, 3.05) is 20.8 Å². The van der Waals surface area contributed by atoms with Gasteiger partial charge in [-0.2, -0.15) is 30.7 Å². The number of hydrogen-bond donors (Lipinski definition) is 0. The minimum atomic E-state index is -7.12. The van der Waals surface area contributed by atoms with Gasteiger partial charge in [0.2, 0.25) is 0 Å². The lowest BCUT2D eigenvalue weighted by Crippen LogP contribution is -2.74. The molecule has 2 unspecified atom stereocenters. The highest BCUT2D eigenvalue weighted by atomic mass is 28.4. The molecule has 286 valence electrons. The molecule has 16 heteroatoms. The van der Waals surface area contributed by atoms with Crippen LogP contribution in [0.5, 0.6) is 5.75 Å². The van der Waals surface area contributed by atoms with Crippen LogP contribution in [0.4, 0.5) is 39.5 Å². The second-order valence-electron chi connectivity index (χ2n) is 12.6. The van der Waals surface area contributed by atoms with Gasteiger partial charge in [0, 0.05) is 17.9 Å². The molecule has 1 aromatic rings. The fourth-order valence-corrected chi connectivity index (χ4v) is 10.6. The molecule has 1 aromatic carbocycles. The van der Waals surface area contributed by atoms with Crippen molar-refractivity contribution in [2.45, 2.75) is 115 Å². The van der Waals surface area contributed by atoms with Crippen LogP contribution in [0, 0.1) is 5.92 Å². The van der Waals surface area contributed by atoms with Crippen LogP contribution in [0.3, 0.4) is 0 Å². The van der Waals surface area contributed by atoms with Gasteiger partial charge in [0.1, 0.15) is 11.5 Å². The highest BCUT2D eigenvalue weighted by molar-refractivity contribution is 6.79. The topological polar surface area (TPSA) is 71.1 Å². The number of carbonyl (C=O) groups is 2. The zero-order valence-corrected chi connectivity index (χ0v) is 30.7. The molecule has 0 saturated heterocycles. The summed E-state index contributed by atoms with van der Waals surface area (Å²) in [5.41, 5.74) is -8.47. The third kappa shape index (κ3) is 9.72. The lowest BCUT2D eigenvalue weighted by atomic mass is 9.92. The Hall–Kier alpha value is -2.85. The molecule has 0 saturated carbocycles. The van der Waals surface area contributed by atoms with Crippen LogP contribution in [0.15, 0.2) is 47.6 Å². The molecule has 0 amide bonds. The molecule has 0 aliphatic heterocycles. The van der Waals surface area contributed by atoms with Crippen LogP contribution >= 0.6 is 0 Å². The first-order valence-corrected chi connectivity index (χ1v) is 18.0. The largest absolute Gasteiger partial charge is 0.497 e. The van der Waals surface area contributed by atoms with Gasteiger partial charge in [-0.3, -0.25) is 4.79 Å². The van der Waals surface area contributed by atoms with E-state index < -0.39 is 73.2 Å². The molecule has 0 fully saturated rings. The molecule has 2 atom stereocenters. The van der Waals surface area contributed by atoms with E-state index in [2.05, 4.69) is 0 Å². The second-order valence-corrected chi connectivity index (χ2v) is 17.4. The highest BCUT2D eigenvalue weighted by Crippen LogP contribution is 2.60. The van der Waals surface area contributed by atoms with Crippen molar-refractivity contribution in [3.05, 3.63) is 53.1 Å². The quantitative estimate of drug-likeness (QED) is 0.0330. The maximum atomic E-state index is 16.2. The molecule has 0 bridgehead atoms. The lowest BCUT2D eigenvalue weighted by molar-refractivity contribution is -0.386. The molecule has 1 rings (SSSR count). The van der Waals surface area contributed by atoms with Crippen LogP contribution in [0.1, 0.15) is 73.3 Å². The molecule has 0 aliphatic carbocycles. The number of Topliss-reactive ketones (excluding diaryl/α,β-unsaturated/α-hetero) is 1. The Morgan fingerprint density at radius 3 is 1.82 bits per heavy atom.